The first-order valence-electron chi connectivity index (χ1n) is 7.77. The molecule has 0 spiro atoms. The molecule has 0 unspecified atom stereocenters. The fourth-order valence-electron chi connectivity index (χ4n) is 2.25. The van der Waals surface area contributed by atoms with Gasteiger partial charge in [0.25, 0.3) is 0 Å². The van der Waals surface area contributed by atoms with E-state index in [1.807, 2.05) is 0 Å². The maximum absolute atomic E-state index is 12.4. The van der Waals surface area contributed by atoms with Crippen molar-refractivity contribution in [2.75, 3.05) is 24.9 Å². The number of methoxy groups -OCH3 is 2. The highest BCUT2D eigenvalue weighted by Crippen LogP contribution is 2.36. The van der Waals surface area contributed by atoms with Crippen LogP contribution < -0.4 is 25.2 Å². The maximum Gasteiger partial charge on any atom is 0.246 e. The summed E-state index contributed by atoms with van der Waals surface area (Å²) in [6.07, 6.45) is 0. The Kier molecular flexibility index (Phi) is 6.53. The molecule has 0 saturated carbocycles. The van der Waals surface area contributed by atoms with Gasteiger partial charge >= 0.3 is 0 Å². The van der Waals surface area contributed by atoms with Crippen LogP contribution in [0.5, 0.6) is 11.5 Å². The summed E-state index contributed by atoms with van der Waals surface area (Å²) in [4.78, 5) is 12.4. The SMILES string of the molecule is COc1cc(OC)c(N[C@@H](C)C(=O)Nc2ccc(S(N)(=O)=O)cc2)cc1Cl. The van der Waals surface area contributed by atoms with Gasteiger partial charge in [0, 0.05) is 11.8 Å². The molecule has 2 rings (SSSR count). The van der Waals surface area contributed by atoms with Gasteiger partial charge in [-0.2, -0.15) is 0 Å². The van der Waals surface area contributed by atoms with E-state index in [1.54, 1.807) is 19.1 Å². The molecule has 0 heterocycles. The number of nitrogens with two attached hydrogens (primary N) is 1. The van der Waals surface area contributed by atoms with E-state index in [-0.39, 0.29) is 10.8 Å². The van der Waals surface area contributed by atoms with E-state index >= 15 is 0 Å². The van der Waals surface area contributed by atoms with Crippen molar-refractivity contribution in [3.8, 4) is 11.5 Å². The van der Waals surface area contributed by atoms with Crippen LogP contribution >= 0.6 is 11.6 Å². The number of amides is 1. The lowest BCUT2D eigenvalue weighted by Gasteiger charge is -2.18. The Morgan fingerprint density at radius 3 is 2.22 bits per heavy atom. The van der Waals surface area contributed by atoms with E-state index in [0.717, 1.165) is 0 Å². The molecule has 2 aromatic carbocycles. The number of hydrogen-bond acceptors (Lipinski definition) is 6. The Bertz CT molecular complexity index is 932. The molecule has 8 nitrogen and oxygen atoms in total. The summed E-state index contributed by atoms with van der Waals surface area (Å²) in [5, 5.41) is 11.1. The minimum absolute atomic E-state index is 0.0377. The highest BCUT2D eigenvalue weighted by atomic mass is 35.5. The van der Waals surface area contributed by atoms with Gasteiger partial charge in [0.1, 0.15) is 17.5 Å². The molecule has 2 aromatic rings. The number of hydrogen-bond donors (Lipinski definition) is 3. The third-order valence-electron chi connectivity index (χ3n) is 3.69. The predicted octanol–water partition coefficient (Wildman–Crippen LogP) is 2.44. The molecular weight excluding hydrogens is 394 g/mol. The second-order valence-electron chi connectivity index (χ2n) is 5.61. The highest BCUT2D eigenvalue weighted by molar-refractivity contribution is 7.89. The molecule has 4 N–H and O–H groups in total. The van der Waals surface area contributed by atoms with Gasteiger partial charge in [0.15, 0.2) is 0 Å². The maximum atomic E-state index is 12.4. The van der Waals surface area contributed by atoms with Crippen LogP contribution in [-0.4, -0.2) is 34.6 Å². The topological polar surface area (TPSA) is 120 Å². The molecular formula is C17H20ClN3O5S. The number of carbonyl (C=O) groups is 1. The zero-order valence-corrected chi connectivity index (χ0v) is 16.5. The monoisotopic (exact) mass is 413 g/mol. The number of nitrogens with one attached hydrogen (secondary N) is 2. The first-order valence-corrected chi connectivity index (χ1v) is 9.70. The standard InChI is InChI=1S/C17H20ClN3O5S/c1-10(20-14-8-13(18)15(25-2)9-16(14)26-3)17(22)21-11-4-6-12(7-5-11)27(19,23)24/h4-10,20H,1-3H3,(H,21,22)(H2,19,23,24)/t10-/m0/s1. The van der Waals surface area contributed by atoms with Crippen LogP contribution in [0.3, 0.4) is 0 Å². The Labute approximate surface area is 162 Å². The van der Waals surface area contributed by atoms with Crippen molar-refractivity contribution in [2.24, 2.45) is 5.14 Å². The molecule has 0 saturated heterocycles. The molecule has 0 aliphatic heterocycles. The van der Waals surface area contributed by atoms with Crippen molar-refractivity contribution in [2.45, 2.75) is 17.9 Å². The number of benzene rings is 2. The van der Waals surface area contributed by atoms with E-state index in [9.17, 15) is 13.2 Å². The molecule has 0 aliphatic rings. The predicted molar refractivity (Wildman–Crippen MR) is 104 cm³/mol. The van der Waals surface area contributed by atoms with Gasteiger partial charge in [-0.15, -0.1) is 0 Å². The Hall–Kier alpha value is -2.49. The lowest BCUT2D eigenvalue weighted by atomic mass is 10.2. The van der Waals surface area contributed by atoms with Gasteiger partial charge in [-0.05, 0) is 37.3 Å². The fraction of sp³-hybridized carbons (Fsp3) is 0.235. The van der Waals surface area contributed by atoms with Gasteiger partial charge in [0.05, 0.1) is 29.8 Å². The van der Waals surface area contributed by atoms with Crippen LogP contribution in [0, 0.1) is 0 Å². The van der Waals surface area contributed by atoms with Gasteiger partial charge < -0.3 is 20.1 Å². The first kappa shape index (κ1) is 20.8. The van der Waals surface area contributed by atoms with Crippen molar-refractivity contribution in [1.29, 1.82) is 0 Å². The minimum atomic E-state index is -3.78. The van der Waals surface area contributed by atoms with Gasteiger partial charge in [-0.3, -0.25) is 4.79 Å². The quantitative estimate of drug-likeness (QED) is 0.641. The number of halogens is 1. The van der Waals surface area contributed by atoms with Crippen molar-refractivity contribution in [3.63, 3.8) is 0 Å². The zero-order chi connectivity index (χ0) is 20.2. The van der Waals surface area contributed by atoms with E-state index in [0.29, 0.717) is 27.9 Å². The Morgan fingerprint density at radius 2 is 1.70 bits per heavy atom. The number of rotatable bonds is 7. The van der Waals surface area contributed by atoms with Gasteiger partial charge in [0.2, 0.25) is 15.9 Å². The van der Waals surface area contributed by atoms with E-state index in [2.05, 4.69) is 10.6 Å². The molecule has 10 heteroatoms. The number of ether oxygens (including phenoxy) is 2. The van der Waals surface area contributed by atoms with Crippen LogP contribution in [0.25, 0.3) is 0 Å². The first-order chi connectivity index (χ1) is 12.7. The average Bonchev–Trinajstić information content (AvgIpc) is 2.61. The summed E-state index contributed by atoms with van der Waals surface area (Å²) in [5.41, 5.74) is 0.955. The smallest absolute Gasteiger partial charge is 0.246 e. The van der Waals surface area contributed by atoms with Crippen LogP contribution in [0.15, 0.2) is 41.3 Å². The highest BCUT2D eigenvalue weighted by Gasteiger charge is 2.17. The second kappa shape index (κ2) is 8.47. The van der Waals surface area contributed by atoms with Crippen molar-refractivity contribution >= 4 is 38.9 Å². The third kappa shape index (κ3) is 5.25. The van der Waals surface area contributed by atoms with Gasteiger partial charge in [-0.1, -0.05) is 11.6 Å². The normalized spacial score (nSPS) is 12.2. The molecule has 0 aromatic heterocycles. The van der Waals surface area contributed by atoms with Crippen LogP contribution in [0.4, 0.5) is 11.4 Å². The summed E-state index contributed by atoms with van der Waals surface area (Å²) < 4.78 is 32.9. The lowest BCUT2D eigenvalue weighted by molar-refractivity contribution is -0.116. The molecule has 0 aliphatic carbocycles. The Balaban J connectivity index is 2.11. The lowest BCUT2D eigenvalue weighted by Crippen LogP contribution is -2.32. The fourth-order valence-corrected chi connectivity index (χ4v) is 3.01. The molecule has 27 heavy (non-hydrogen) atoms. The summed E-state index contributed by atoms with van der Waals surface area (Å²) in [6, 6.07) is 8.11. The minimum Gasteiger partial charge on any atom is -0.495 e. The second-order valence-corrected chi connectivity index (χ2v) is 7.58. The van der Waals surface area contributed by atoms with E-state index < -0.39 is 16.1 Å². The largest absolute Gasteiger partial charge is 0.495 e. The third-order valence-corrected chi connectivity index (χ3v) is 4.91. The molecule has 0 radical (unpaired) electrons. The van der Waals surface area contributed by atoms with Crippen LogP contribution in [-0.2, 0) is 14.8 Å². The molecule has 1 atom stereocenters. The Morgan fingerprint density at radius 1 is 1.11 bits per heavy atom. The summed E-state index contributed by atoms with van der Waals surface area (Å²) in [6.45, 7) is 1.66. The summed E-state index contributed by atoms with van der Waals surface area (Å²) in [5.74, 6) is 0.576. The van der Waals surface area contributed by atoms with Crippen LogP contribution in [0.1, 0.15) is 6.92 Å². The van der Waals surface area contributed by atoms with Crippen molar-refractivity contribution in [1.82, 2.24) is 0 Å². The number of sulfonamides is 1. The van der Waals surface area contributed by atoms with Crippen molar-refractivity contribution < 1.29 is 22.7 Å². The molecule has 0 fully saturated rings. The molecule has 0 bridgehead atoms. The van der Waals surface area contributed by atoms with E-state index in [4.69, 9.17) is 26.2 Å². The molecule has 1 amide bonds. The molecule has 146 valence electrons. The average molecular weight is 414 g/mol. The van der Waals surface area contributed by atoms with Crippen LogP contribution in [0.2, 0.25) is 5.02 Å². The summed E-state index contributed by atoms with van der Waals surface area (Å²) in [7, 11) is -0.802. The van der Waals surface area contributed by atoms with E-state index in [1.165, 1.54) is 38.5 Å². The zero-order valence-electron chi connectivity index (χ0n) is 14.9. The van der Waals surface area contributed by atoms with Crippen molar-refractivity contribution in [3.05, 3.63) is 41.4 Å². The number of carbonyl (C=O) groups excluding carboxylic acids is 1. The summed E-state index contributed by atoms with van der Waals surface area (Å²) >= 11 is 6.12. The van der Waals surface area contributed by atoms with Gasteiger partial charge in [-0.25, -0.2) is 13.6 Å². The number of anilines is 2. The number of primary sulfonamides is 1.